The van der Waals surface area contributed by atoms with E-state index in [-0.39, 0.29) is 11.8 Å². The van der Waals surface area contributed by atoms with Crippen LogP contribution >= 0.6 is 11.6 Å². The minimum absolute atomic E-state index is 0.0673. The number of hydrogen-bond acceptors (Lipinski definition) is 4. The summed E-state index contributed by atoms with van der Waals surface area (Å²) in [5.41, 5.74) is 2.09. The Bertz CT molecular complexity index is 811. The van der Waals surface area contributed by atoms with Crippen LogP contribution < -0.4 is 15.4 Å². The van der Waals surface area contributed by atoms with Crippen LogP contribution in [-0.2, 0) is 11.3 Å². The highest BCUT2D eigenvalue weighted by Gasteiger charge is 2.25. The molecule has 2 aliphatic rings. The summed E-state index contributed by atoms with van der Waals surface area (Å²) in [6.07, 6.45) is 4.24. The van der Waals surface area contributed by atoms with Crippen molar-refractivity contribution in [1.29, 1.82) is 0 Å². The van der Waals surface area contributed by atoms with E-state index in [4.69, 9.17) is 16.3 Å². The molecule has 2 fully saturated rings. The number of carbonyl (C=O) groups is 1. The van der Waals surface area contributed by atoms with Crippen LogP contribution in [0.1, 0.15) is 31.2 Å². The SMILES string of the molecule is O=C(Nc1ccc(Cl)cc1)C1CCN(Cc2ccc(OC3CCNCC3)cc2)CC1. The molecule has 0 unspecified atom stereocenters. The maximum atomic E-state index is 12.5. The average Bonchev–Trinajstić information content (AvgIpc) is 2.78. The predicted octanol–water partition coefficient (Wildman–Crippen LogP) is 4.32. The van der Waals surface area contributed by atoms with E-state index >= 15 is 0 Å². The number of anilines is 1. The first-order chi connectivity index (χ1) is 14.7. The summed E-state index contributed by atoms with van der Waals surface area (Å²) >= 11 is 5.90. The molecule has 1 amide bonds. The summed E-state index contributed by atoms with van der Waals surface area (Å²) in [7, 11) is 0. The first-order valence-electron chi connectivity index (χ1n) is 10.9. The molecule has 6 heteroatoms. The monoisotopic (exact) mass is 427 g/mol. The smallest absolute Gasteiger partial charge is 0.227 e. The number of halogens is 1. The van der Waals surface area contributed by atoms with E-state index in [1.165, 1.54) is 5.56 Å². The van der Waals surface area contributed by atoms with Gasteiger partial charge < -0.3 is 15.4 Å². The first kappa shape index (κ1) is 21.2. The van der Waals surface area contributed by atoms with Gasteiger partial charge in [0.2, 0.25) is 5.91 Å². The molecule has 0 saturated carbocycles. The molecule has 5 nitrogen and oxygen atoms in total. The Labute approximate surface area is 183 Å². The van der Waals surface area contributed by atoms with Crippen molar-refractivity contribution in [1.82, 2.24) is 10.2 Å². The minimum atomic E-state index is 0.0673. The number of rotatable bonds is 6. The highest BCUT2D eigenvalue weighted by Crippen LogP contribution is 2.23. The second kappa shape index (κ2) is 10.3. The van der Waals surface area contributed by atoms with Crippen molar-refractivity contribution in [3.8, 4) is 5.75 Å². The topological polar surface area (TPSA) is 53.6 Å². The molecule has 0 radical (unpaired) electrons. The molecule has 2 aromatic rings. The van der Waals surface area contributed by atoms with Crippen molar-refractivity contribution in [3.05, 3.63) is 59.1 Å². The Hall–Kier alpha value is -2.08. The fourth-order valence-electron chi connectivity index (χ4n) is 4.17. The lowest BCUT2D eigenvalue weighted by molar-refractivity contribution is -0.121. The van der Waals surface area contributed by atoms with Crippen LogP contribution in [0.5, 0.6) is 5.75 Å². The molecule has 2 heterocycles. The van der Waals surface area contributed by atoms with Crippen LogP contribution in [-0.4, -0.2) is 43.1 Å². The number of benzene rings is 2. The van der Waals surface area contributed by atoms with Crippen LogP contribution in [0.2, 0.25) is 5.02 Å². The minimum Gasteiger partial charge on any atom is -0.490 e. The van der Waals surface area contributed by atoms with Crippen molar-refractivity contribution in [2.45, 2.75) is 38.3 Å². The van der Waals surface area contributed by atoms with E-state index < -0.39 is 0 Å². The maximum absolute atomic E-state index is 12.5. The van der Waals surface area contributed by atoms with Crippen LogP contribution in [0.25, 0.3) is 0 Å². The zero-order valence-electron chi connectivity index (χ0n) is 17.3. The Kier molecular flexibility index (Phi) is 7.26. The van der Waals surface area contributed by atoms with E-state index in [0.29, 0.717) is 11.1 Å². The highest BCUT2D eigenvalue weighted by molar-refractivity contribution is 6.30. The lowest BCUT2D eigenvalue weighted by Gasteiger charge is -2.31. The molecule has 2 aromatic carbocycles. The van der Waals surface area contributed by atoms with Gasteiger partial charge in [-0.3, -0.25) is 9.69 Å². The van der Waals surface area contributed by atoms with Crippen molar-refractivity contribution in [2.24, 2.45) is 5.92 Å². The zero-order chi connectivity index (χ0) is 20.8. The summed E-state index contributed by atoms with van der Waals surface area (Å²) in [5, 5.41) is 7.05. The summed E-state index contributed by atoms with van der Waals surface area (Å²) in [6.45, 7) is 4.87. The molecule has 0 bridgehead atoms. The predicted molar refractivity (Wildman–Crippen MR) is 121 cm³/mol. The number of likely N-dealkylation sites (tertiary alicyclic amines) is 1. The van der Waals surface area contributed by atoms with E-state index in [9.17, 15) is 4.79 Å². The molecule has 2 saturated heterocycles. The normalized spacial score (nSPS) is 18.8. The number of nitrogens with zero attached hydrogens (tertiary/aromatic N) is 1. The lowest BCUT2D eigenvalue weighted by Crippen LogP contribution is -2.37. The van der Waals surface area contributed by atoms with Crippen LogP contribution in [0, 0.1) is 5.92 Å². The van der Waals surface area contributed by atoms with Gasteiger partial charge in [0.05, 0.1) is 0 Å². The zero-order valence-corrected chi connectivity index (χ0v) is 18.0. The van der Waals surface area contributed by atoms with E-state index in [1.54, 1.807) is 12.1 Å². The summed E-state index contributed by atoms with van der Waals surface area (Å²) in [6, 6.07) is 15.8. The molecule has 160 valence electrons. The Morgan fingerprint density at radius 3 is 2.33 bits per heavy atom. The fraction of sp³-hybridized carbons (Fsp3) is 0.458. The van der Waals surface area contributed by atoms with Gasteiger partial charge in [-0.15, -0.1) is 0 Å². The second-order valence-electron chi connectivity index (χ2n) is 8.26. The first-order valence-corrected chi connectivity index (χ1v) is 11.3. The van der Waals surface area contributed by atoms with Crippen molar-refractivity contribution >= 4 is 23.2 Å². The van der Waals surface area contributed by atoms with Crippen molar-refractivity contribution < 1.29 is 9.53 Å². The van der Waals surface area contributed by atoms with E-state index in [2.05, 4.69) is 39.8 Å². The van der Waals surface area contributed by atoms with Crippen LogP contribution in [0.3, 0.4) is 0 Å². The third kappa shape index (κ3) is 5.97. The van der Waals surface area contributed by atoms with E-state index in [1.807, 2.05) is 12.1 Å². The molecule has 0 aliphatic carbocycles. The fourth-order valence-corrected chi connectivity index (χ4v) is 4.29. The Morgan fingerprint density at radius 2 is 1.67 bits per heavy atom. The Balaban J connectivity index is 1.21. The van der Waals surface area contributed by atoms with Crippen molar-refractivity contribution in [3.63, 3.8) is 0 Å². The molecule has 0 aromatic heterocycles. The number of carbonyl (C=O) groups excluding carboxylic acids is 1. The molecule has 0 atom stereocenters. The van der Waals surface area contributed by atoms with Gasteiger partial charge in [0.1, 0.15) is 11.9 Å². The molecule has 30 heavy (non-hydrogen) atoms. The molecule has 2 aliphatic heterocycles. The second-order valence-corrected chi connectivity index (χ2v) is 8.69. The Morgan fingerprint density at radius 1 is 1.00 bits per heavy atom. The molecule has 2 N–H and O–H groups in total. The van der Waals surface area contributed by atoms with Gasteiger partial charge in [-0.05, 0) is 93.8 Å². The van der Waals surface area contributed by atoms with Gasteiger partial charge >= 0.3 is 0 Å². The average molecular weight is 428 g/mol. The van der Waals surface area contributed by atoms with Gasteiger partial charge in [0.25, 0.3) is 0 Å². The molecular weight excluding hydrogens is 398 g/mol. The largest absolute Gasteiger partial charge is 0.490 e. The quantitative estimate of drug-likeness (QED) is 0.720. The van der Waals surface area contributed by atoms with Gasteiger partial charge in [0.15, 0.2) is 0 Å². The van der Waals surface area contributed by atoms with Crippen molar-refractivity contribution in [2.75, 3.05) is 31.5 Å². The maximum Gasteiger partial charge on any atom is 0.227 e. The standard InChI is InChI=1S/C24H30ClN3O2/c25-20-3-5-21(6-4-20)27-24(29)19-11-15-28(16-12-19)17-18-1-7-22(8-2-18)30-23-9-13-26-14-10-23/h1-8,19,23,26H,9-17H2,(H,27,29). The molecule has 4 rings (SSSR count). The molecule has 0 spiro atoms. The summed E-state index contributed by atoms with van der Waals surface area (Å²) < 4.78 is 6.09. The van der Waals surface area contributed by atoms with Gasteiger partial charge in [0, 0.05) is 23.2 Å². The molecular formula is C24H30ClN3O2. The number of piperidine rings is 2. The highest BCUT2D eigenvalue weighted by atomic mass is 35.5. The third-order valence-corrected chi connectivity index (χ3v) is 6.24. The number of nitrogens with one attached hydrogen (secondary N) is 2. The lowest BCUT2D eigenvalue weighted by atomic mass is 9.95. The van der Waals surface area contributed by atoms with Gasteiger partial charge in [-0.2, -0.15) is 0 Å². The summed E-state index contributed by atoms with van der Waals surface area (Å²) in [4.78, 5) is 15.0. The number of ether oxygens (including phenoxy) is 1. The number of hydrogen-bond donors (Lipinski definition) is 2. The third-order valence-electron chi connectivity index (χ3n) is 5.99. The van der Waals surface area contributed by atoms with Crippen LogP contribution in [0.4, 0.5) is 5.69 Å². The summed E-state index contributed by atoms with van der Waals surface area (Å²) in [5.74, 6) is 1.14. The van der Waals surface area contributed by atoms with Gasteiger partial charge in [-0.25, -0.2) is 0 Å². The van der Waals surface area contributed by atoms with Crippen LogP contribution in [0.15, 0.2) is 48.5 Å². The number of amides is 1. The van der Waals surface area contributed by atoms with Gasteiger partial charge in [-0.1, -0.05) is 23.7 Å². The van der Waals surface area contributed by atoms with E-state index in [0.717, 1.165) is 69.8 Å².